The van der Waals surface area contributed by atoms with Crippen molar-refractivity contribution in [3.63, 3.8) is 0 Å². The smallest absolute Gasteiger partial charge is 0.236 e. The third-order valence-corrected chi connectivity index (χ3v) is 5.44. The van der Waals surface area contributed by atoms with Crippen molar-refractivity contribution < 1.29 is 4.79 Å². The molecule has 2 heterocycles. The Bertz CT molecular complexity index is 494. The van der Waals surface area contributed by atoms with Gasteiger partial charge in [0.05, 0.1) is 6.54 Å². The highest BCUT2D eigenvalue weighted by atomic mass is 16.2. The van der Waals surface area contributed by atoms with Gasteiger partial charge >= 0.3 is 0 Å². The van der Waals surface area contributed by atoms with Crippen LogP contribution in [0.4, 0.5) is 0 Å². The molecule has 1 aromatic carbocycles. The van der Waals surface area contributed by atoms with E-state index in [1.54, 1.807) is 0 Å². The largest absolute Gasteiger partial charge is 0.341 e. The number of amides is 1. The molecule has 1 unspecified atom stereocenters. The second kappa shape index (κ2) is 7.96. The molecule has 0 aromatic heterocycles. The molecule has 3 rings (SSSR count). The second-order valence-corrected chi connectivity index (χ2v) is 7.50. The fourth-order valence-electron chi connectivity index (χ4n) is 4.00. The number of hydrogen-bond donors (Lipinski definition) is 0. The normalized spacial score (nSPS) is 23.9. The lowest BCUT2D eigenvalue weighted by molar-refractivity contribution is -0.134. The predicted octanol–water partition coefficient (Wildman–Crippen LogP) is 3.20. The van der Waals surface area contributed by atoms with Gasteiger partial charge in [-0.1, -0.05) is 37.3 Å². The van der Waals surface area contributed by atoms with Gasteiger partial charge in [0.25, 0.3) is 0 Å². The van der Waals surface area contributed by atoms with E-state index in [0.29, 0.717) is 18.4 Å². The van der Waals surface area contributed by atoms with Crippen molar-refractivity contribution in [1.29, 1.82) is 0 Å². The number of nitrogens with zero attached hydrogens (tertiary/aromatic N) is 2. The molecule has 126 valence electrons. The van der Waals surface area contributed by atoms with Crippen LogP contribution in [-0.2, 0) is 11.2 Å². The van der Waals surface area contributed by atoms with E-state index in [4.69, 9.17) is 0 Å². The maximum atomic E-state index is 12.5. The quantitative estimate of drug-likeness (QED) is 0.852. The lowest BCUT2D eigenvalue weighted by atomic mass is 9.90. The van der Waals surface area contributed by atoms with Crippen molar-refractivity contribution in [1.82, 2.24) is 9.80 Å². The maximum absolute atomic E-state index is 12.5. The lowest BCUT2D eigenvalue weighted by Crippen LogP contribution is -2.46. The molecule has 0 radical (unpaired) electrons. The highest BCUT2D eigenvalue weighted by Crippen LogP contribution is 2.22. The topological polar surface area (TPSA) is 23.6 Å². The summed E-state index contributed by atoms with van der Waals surface area (Å²) in [6.45, 7) is 6.97. The minimum atomic E-state index is 0.345. The van der Waals surface area contributed by atoms with Crippen molar-refractivity contribution in [2.75, 3.05) is 32.7 Å². The van der Waals surface area contributed by atoms with Crippen molar-refractivity contribution in [2.24, 2.45) is 11.8 Å². The zero-order valence-electron chi connectivity index (χ0n) is 14.4. The highest BCUT2D eigenvalue weighted by Gasteiger charge is 2.25. The molecule has 0 N–H and O–H groups in total. The van der Waals surface area contributed by atoms with Gasteiger partial charge in [-0.2, -0.15) is 0 Å². The second-order valence-electron chi connectivity index (χ2n) is 7.50. The molecule has 2 saturated heterocycles. The zero-order chi connectivity index (χ0) is 16.1. The summed E-state index contributed by atoms with van der Waals surface area (Å²) >= 11 is 0. The molecular weight excluding hydrogens is 284 g/mol. The SMILES string of the molecule is CC1CCCN(C(=O)CN2CCC(Cc3ccccc3)CC2)C1. The van der Waals surface area contributed by atoms with Crippen molar-refractivity contribution in [2.45, 2.75) is 39.0 Å². The van der Waals surface area contributed by atoms with Crippen LogP contribution < -0.4 is 0 Å². The predicted molar refractivity (Wildman–Crippen MR) is 94.3 cm³/mol. The standard InChI is InChI=1S/C20H30N2O/c1-17-6-5-11-22(15-17)20(23)16-21-12-9-19(10-13-21)14-18-7-3-2-4-8-18/h2-4,7-8,17,19H,5-6,9-16H2,1H3. The Morgan fingerprint density at radius 1 is 1.09 bits per heavy atom. The minimum Gasteiger partial charge on any atom is -0.341 e. The zero-order valence-corrected chi connectivity index (χ0v) is 14.4. The monoisotopic (exact) mass is 314 g/mol. The minimum absolute atomic E-state index is 0.345. The van der Waals surface area contributed by atoms with Crippen molar-refractivity contribution in [3.8, 4) is 0 Å². The first-order valence-corrected chi connectivity index (χ1v) is 9.25. The Labute approximate surface area is 140 Å². The Morgan fingerprint density at radius 2 is 1.83 bits per heavy atom. The number of hydrogen-bond acceptors (Lipinski definition) is 2. The van der Waals surface area contributed by atoms with Crippen LogP contribution >= 0.6 is 0 Å². The third-order valence-electron chi connectivity index (χ3n) is 5.44. The van der Waals surface area contributed by atoms with E-state index in [2.05, 4.69) is 47.1 Å². The van der Waals surface area contributed by atoms with Crippen LogP contribution in [0.3, 0.4) is 0 Å². The van der Waals surface area contributed by atoms with Gasteiger partial charge in [-0.25, -0.2) is 0 Å². The first kappa shape index (κ1) is 16.5. The van der Waals surface area contributed by atoms with E-state index in [0.717, 1.165) is 32.1 Å². The van der Waals surface area contributed by atoms with E-state index < -0.39 is 0 Å². The van der Waals surface area contributed by atoms with Crippen LogP contribution in [0.15, 0.2) is 30.3 Å². The van der Waals surface area contributed by atoms with Crippen LogP contribution in [0.5, 0.6) is 0 Å². The average Bonchev–Trinajstić information content (AvgIpc) is 2.57. The molecule has 0 saturated carbocycles. The number of piperidine rings is 2. The summed E-state index contributed by atoms with van der Waals surface area (Å²) < 4.78 is 0. The summed E-state index contributed by atoms with van der Waals surface area (Å²) in [6.07, 6.45) is 6.07. The Balaban J connectivity index is 1.41. The summed E-state index contributed by atoms with van der Waals surface area (Å²) in [7, 11) is 0. The molecule has 2 aliphatic heterocycles. The molecule has 0 aliphatic carbocycles. The van der Waals surface area contributed by atoms with Crippen LogP contribution in [0.1, 0.15) is 38.2 Å². The molecule has 0 bridgehead atoms. The van der Waals surface area contributed by atoms with E-state index in [9.17, 15) is 4.79 Å². The van der Waals surface area contributed by atoms with Crippen molar-refractivity contribution in [3.05, 3.63) is 35.9 Å². The Hall–Kier alpha value is -1.35. The van der Waals surface area contributed by atoms with E-state index in [1.165, 1.54) is 37.7 Å². The van der Waals surface area contributed by atoms with Crippen LogP contribution in [0.2, 0.25) is 0 Å². The summed E-state index contributed by atoms with van der Waals surface area (Å²) in [6, 6.07) is 10.8. The fraction of sp³-hybridized carbons (Fsp3) is 0.650. The summed E-state index contributed by atoms with van der Waals surface area (Å²) in [5.74, 6) is 1.79. The molecule has 0 spiro atoms. The number of carbonyl (C=O) groups excluding carboxylic acids is 1. The molecule has 2 fully saturated rings. The van der Waals surface area contributed by atoms with Gasteiger partial charge in [0.15, 0.2) is 0 Å². The Morgan fingerprint density at radius 3 is 2.52 bits per heavy atom. The molecule has 1 atom stereocenters. The molecule has 1 amide bonds. The molecule has 2 aliphatic rings. The van der Waals surface area contributed by atoms with E-state index in [-0.39, 0.29) is 0 Å². The van der Waals surface area contributed by atoms with Crippen LogP contribution in [0, 0.1) is 11.8 Å². The van der Waals surface area contributed by atoms with Gasteiger partial charge in [0.2, 0.25) is 5.91 Å². The molecule has 23 heavy (non-hydrogen) atoms. The Kier molecular flexibility index (Phi) is 5.71. The average molecular weight is 314 g/mol. The number of benzene rings is 1. The first-order valence-electron chi connectivity index (χ1n) is 9.25. The van der Waals surface area contributed by atoms with Crippen LogP contribution in [-0.4, -0.2) is 48.4 Å². The molecular formula is C20H30N2O. The number of rotatable bonds is 4. The van der Waals surface area contributed by atoms with E-state index >= 15 is 0 Å². The van der Waals surface area contributed by atoms with Gasteiger partial charge in [-0.05, 0) is 62.6 Å². The van der Waals surface area contributed by atoms with Gasteiger partial charge in [0, 0.05) is 13.1 Å². The highest BCUT2D eigenvalue weighted by molar-refractivity contribution is 5.78. The summed E-state index contributed by atoms with van der Waals surface area (Å²) in [5, 5.41) is 0. The first-order chi connectivity index (χ1) is 11.2. The molecule has 1 aromatic rings. The van der Waals surface area contributed by atoms with Crippen LogP contribution in [0.25, 0.3) is 0 Å². The van der Waals surface area contributed by atoms with E-state index in [1.807, 2.05) is 0 Å². The van der Waals surface area contributed by atoms with Gasteiger partial charge in [0.1, 0.15) is 0 Å². The number of likely N-dealkylation sites (tertiary alicyclic amines) is 2. The maximum Gasteiger partial charge on any atom is 0.236 e. The fourth-order valence-corrected chi connectivity index (χ4v) is 4.00. The lowest BCUT2D eigenvalue weighted by Gasteiger charge is -2.35. The third kappa shape index (κ3) is 4.81. The van der Waals surface area contributed by atoms with Gasteiger partial charge in [-0.3, -0.25) is 9.69 Å². The molecule has 3 heteroatoms. The summed E-state index contributed by atoms with van der Waals surface area (Å²) in [5.41, 5.74) is 1.45. The molecule has 3 nitrogen and oxygen atoms in total. The number of carbonyl (C=O) groups is 1. The van der Waals surface area contributed by atoms with Crippen molar-refractivity contribution >= 4 is 5.91 Å². The summed E-state index contributed by atoms with van der Waals surface area (Å²) in [4.78, 5) is 16.9. The van der Waals surface area contributed by atoms with Gasteiger partial charge in [-0.15, -0.1) is 0 Å². The van der Waals surface area contributed by atoms with Gasteiger partial charge < -0.3 is 4.90 Å².